The first kappa shape index (κ1) is 15.6. The molecule has 0 saturated carbocycles. The Labute approximate surface area is 126 Å². The van der Waals surface area contributed by atoms with Gasteiger partial charge in [-0.05, 0) is 18.6 Å². The van der Waals surface area contributed by atoms with Gasteiger partial charge in [0.1, 0.15) is 5.75 Å². The number of rotatable bonds is 6. The molecule has 1 fully saturated rings. The Bertz CT molecular complexity index is 479. The Kier molecular flexibility index (Phi) is 6.28. The zero-order valence-electron chi connectivity index (χ0n) is 12.6. The first-order chi connectivity index (χ1) is 10.3. The van der Waals surface area contributed by atoms with Gasteiger partial charge >= 0.3 is 0 Å². The van der Waals surface area contributed by atoms with E-state index in [4.69, 9.17) is 9.47 Å². The van der Waals surface area contributed by atoms with Crippen LogP contribution in [-0.4, -0.2) is 43.7 Å². The number of carbonyl (C=O) groups is 1. The zero-order valence-corrected chi connectivity index (χ0v) is 12.6. The topological polar surface area (TPSA) is 38.8 Å². The molecule has 0 bridgehead atoms. The van der Waals surface area contributed by atoms with Crippen molar-refractivity contribution in [2.24, 2.45) is 0 Å². The average molecular weight is 289 g/mol. The Morgan fingerprint density at radius 1 is 1.33 bits per heavy atom. The molecule has 4 heteroatoms. The van der Waals surface area contributed by atoms with Crippen molar-refractivity contribution in [3.05, 3.63) is 35.9 Å². The molecular formula is C17H23NO3. The van der Waals surface area contributed by atoms with Gasteiger partial charge in [-0.2, -0.15) is 0 Å². The van der Waals surface area contributed by atoms with Gasteiger partial charge < -0.3 is 14.4 Å². The molecule has 1 aliphatic heterocycles. The largest absolute Gasteiger partial charge is 0.493 e. The molecule has 1 aliphatic rings. The maximum absolute atomic E-state index is 12.1. The van der Waals surface area contributed by atoms with Gasteiger partial charge in [0.2, 0.25) is 5.91 Å². The van der Waals surface area contributed by atoms with E-state index in [1.54, 1.807) is 11.0 Å². The second-order valence-corrected chi connectivity index (χ2v) is 5.01. The fourth-order valence-corrected chi connectivity index (χ4v) is 2.13. The predicted octanol–water partition coefficient (Wildman–Crippen LogP) is 2.74. The van der Waals surface area contributed by atoms with E-state index in [0.717, 1.165) is 24.2 Å². The Hall–Kier alpha value is -1.81. The first-order valence-electron chi connectivity index (χ1n) is 7.58. The third-order valence-corrected chi connectivity index (χ3v) is 3.40. The van der Waals surface area contributed by atoms with Crippen molar-refractivity contribution in [3.8, 4) is 5.75 Å². The van der Waals surface area contributed by atoms with Crippen LogP contribution in [0, 0.1) is 0 Å². The number of benzene rings is 1. The maximum Gasteiger partial charge on any atom is 0.246 e. The van der Waals surface area contributed by atoms with E-state index in [-0.39, 0.29) is 5.91 Å². The number of ether oxygens (including phenoxy) is 2. The van der Waals surface area contributed by atoms with E-state index in [1.807, 2.05) is 30.3 Å². The van der Waals surface area contributed by atoms with Crippen molar-refractivity contribution >= 4 is 12.0 Å². The quantitative estimate of drug-likeness (QED) is 0.597. The minimum Gasteiger partial charge on any atom is -0.493 e. The summed E-state index contributed by atoms with van der Waals surface area (Å²) in [5, 5.41) is 0. The lowest BCUT2D eigenvalue weighted by Gasteiger charge is -2.25. The van der Waals surface area contributed by atoms with Crippen LogP contribution in [0.2, 0.25) is 0 Å². The van der Waals surface area contributed by atoms with Crippen LogP contribution in [0.4, 0.5) is 0 Å². The summed E-state index contributed by atoms with van der Waals surface area (Å²) in [6.07, 6.45) is 5.59. The van der Waals surface area contributed by atoms with E-state index >= 15 is 0 Å². The summed E-state index contributed by atoms with van der Waals surface area (Å²) in [5.74, 6) is 0.860. The molecular weight excluding hydrogens is 266 g/mol. The van der Waals surface area contributed by atoms with Crippen molar-refractivity contribution < 1.29 is 14.3 Å². The van der Waals surface area contributed by atoms with E-state index in [9.17, 15) is 4.79 Å². The van der Waals surface area contributed by atoms with Crippen LogP contribution in [0.15, 0.2) is 30.3 Å². The Morgan fingerprint density at radius 3 is 2.86 bits per heavy atom. The van der Waals surface area contributed by atoms with Crippen LogP contribution in [0.5, 0.6) is 5.75 Å². The molecule has 114 valence electrons. The lowest BCUT2D eigenvalue weighted by atomic mass is 10.2. The molecule has 1 saturated heterocycles. The second-order valence-electron chi connectivity index (χ2n) is 5.01. The summed E-state index contributed by atoms with van der Waals surface area (Å²) in [6, 6.07) is 7.80. The van der Waals surface area contributed by atoms with Gasteiger partial charge in [0.05, 0.1) is 19.8 Å². The van der Waals surface area contributed by atoms with Crippen LogP contribution >= 0.6 is 0 Å². The smallest absolute Gasteiger partial charge is 0.246 e. The molecule has 0 radical (unpaired) electrons. The van der Waals surface area contributed by atoms with Crippen LogP contribution in [0.25, 0.3) is 6.08 Å². The third kappa shape index (κ3) is 4.90. The molecule has 2 rings (SSSR count). The van der Waals surface area contributed by atoms with Crippen LogP contribution in [0.3, 0.4) is 0 Å². The lowest BCUT2D eigenvalue weighted by molar-refractivity contribution is -0.129. The molecule has 0 N–H and O–H groups in total. The normalized spacial score (nSPS) is 15.4. The number of unbranched alkanes of at least 4 members (excludes halogenated alkanes) is 1. The van der Waals surface area contributed by atoms with Crippen LogP contribution < -0.4 is 4.74 Å². The Morgan fingerprint density at radius 2 is 2.10 bits per heavy atom. The SMILES string of the molecule is CCCCOc1ccccc1/C=C/C(=O)N1CCOCC1. The van der Waals surface area contributed by atoms with Crippen molar-refractivity contribution in [2.45, 2.75) is 19.8 Å². The van der Waals surface area contributed by atoms with Crippen molar-refractivity contribution in [1.29, 1.82) is 0 Å². The van der Waals surface area contributed by atoms with Gasteiger partial charge in [0.25, 0.3) is 0 Å². The molecule has 1 heterocycles. The van der Waals surface area contributed by atoms with Crippen molar-refractivity contribution in [1.82, 2.24) is 4.90 Å². The highest BCUT2D eigenvalue weighted by Crippen LogP contribution is 2.20. The molecule has 0 atom stereocenters. The summed E-state index contributed by atoms with van der Waals surface area (Å²) in [7, 11) is 0. The van der Waals surface area contributed by atoms with Crippen molar-refractivity contribution in [2.75, 3.05) is 32.9 Å². The highest BCUT2D eigenvalue weighted by Gasteiger charge is 2.14. The number of carbonyl (C=O) groups excluding carboxylic acids is 1. The van der Waals surface area contributed by atoms with E-state index < -0.39 is 0 Å². The summed E-state index contributed by atoms with van der Waals surface area (Å²) in [6.45, 7) is 5.41. The van der Waals surface area contributed by atoms with Gasteiger partial charge in [-0.3, -0.25) is 4.79 Å². The Balaban J connectivity index is 1.97. The number of para-hydroxylation sites is 1. The van der Waals surface area contributed by atoms with Gasteiger partial charge in [-0.1, -0.05) is 31.5 Å². The molecule has 1 aromatic carbocycles. The molecule has 0 aromatic heterocycles. The molecule has 4 nitrogen and oxygen atoms in total. The molecule has 1 amide bonds. The lowest BCUT2D eigenvalue weighted by Crippen LogP contribution is -2.39. The zero-order chi connectivity index (χ0) is 14.9. The highest BCUT2D eigenvalue weighted by molar-refractivity contribution is 5.92. The number of nitrogens with zero attached hydrogens (tertiary/aromatic N) is 1. The highest BCUT2D eigenvalue weighted by atomic mass is 16.5. The minimum absolute atomic E-state index is 0.0293. The van der Waals surface area contributed by atoms with Gasteiger partial charge in [0, 0.05) is 24.7 Å². The standard InChI is InChI=1S/C17H23NO3/c1-2-3-12-21-16-7-5-4-6-15(16)8-9-17(19)18-10-13-20-14-11-18/h4-9H,2-3,10-14H2,1H3/b9-8+. The molecule has 21 heavy (non-hydrogen) atoms. The molecule has 0 unspecified atom stereocenters. The van der Waals surface area contributed by atoms with Gasteiger partial charge in [-0.15, -0.1) is 0 Å². The molecule has 0 spiro atoms. The third-order valence-electron chi connectivity index (χ3n) is 3.40. The molecule has 1 aromatic rings. The summed E-state index contributed by atoms with van der Waals surface area (Å²) in [4.78, 5) is 13.9. The minimum atomic E-state index is 0.0293. The molecule has 0 aliphatic carbocycles. The van der Waals surface area contributed by atoms with Crippen LogP contribution in [-0.2, 0) is 9.53 Å². The first-order valence-corrected chi connectivity index (χ1v) is 7.58. The van der Waals surface area contributed by atoms with Gasteiger partial charge in [0.15, 0.2) is 0 Å². The van der Waals surface area contributed by atoms with E-state index in [2.05, 4.69) is 6.92 Å². The number of hydrogen-bond acceptors (Lipinski definition) is 3. The number of amides is 1. The summed E-state index contributed by atoms with van der Waals surface area (Å²) in [5.41, 5.74) is 0.940. The summed E-state index contributed by atoms with van der Waals surface area (Å²) < 4.78 is 11.0. The van der Waals surface area contributed by atoms with E-state index in [1.165, 1.54) is 0 Å². The van der Waals surface area contributed by atoms with Crippen molar-refractivity contribution in [3.63, 3.8) is 0 Å². The number of hydrogen-bond donors (Lipinski definition) is 0. The second kappa shape index (κ2) is 8.47. The van der Waals surface area contributed by atoms with E-state index in [0.29, 0.717) is 32.9 Å². The monoisotopic (exact) mass is 289 g/mol. The van der Waals surface area contributed by atoms with Crippen LogP contribution in [0.1, 0.15) is 25.3 Å². The number of morpholine rings is 1. The predicted molar refractivity (Wildman–Crippen MR) is 83.3 cm³/mol. The van der Waals surface area contributed by atoms with Gasteiger partial charge in [-0.25, -0.2) is 0 Å². The maximum atomic E-state index is 12.1. The fourth-order valence-electron chi connectivity index (χ4n) is 2.13. The fraction of sp³-hybridized carbons (Fsp3) is 0.471. The average Bonchev–Trinajstić information content (AvgIpc) is 2.54. The summed E-state index contributed by atoms with van der Waals surface area (Å²) >= 11 is 0.